The molecule has 0 fully saturated rings. The Kier molecular flexibility index (Phi) is 6.11. The Morgan fingerprint density at radius 3 is 2.18 bits per heavy atom. The molecule has 0 aliphatic rings. The molecule has 0 aromatic heterocycles. The van der Waals surface area contributed by atoms with Crippen molar-refractivity contribution in [2.45, 2.75) is 51.7 Å². The number of ether oxygens (including phenoxy) is 1. The summed E-state index contributed by atoms with van der Waals surface area (Å²) < 4.78 is 4.96. The molecule has 1 amide bonds. The molecular weight excluding hydrogens is 282 g/mol. The van der Waals surface area contributed by atoms with E-state index in [1.54, 1.807) is 6.92 Å². The Morgan fingerprint density at radius 2 is 1.77 bits per heavy atom. The fourth-order valence-electron chi connectivity index (χ4n) is 2.04. The van der Waals surface area contributed by atoms with Crippen molar-refractivity contribution in [3.8, 4) is 0 Å². The highest BCUT2D eigenvalue weighted by Gasteiger charge is 2.22. The molecule has 22 heavy (non-hydrogen) atoms. The minimum Gasteiger partial charge on any atom is -0.481 e. The van der Waals surface area contributed by atoms with Crippen molar-refractivity contribution in [1.82, 2.24) is 5.32 Å². The van der Waals surface area contributed by atoms with Crippen LogP contribution in [0.15, 0.2) is 24.3 Å². The van der Waals surface area contributed by atoms with Gasteiger partial charge in [-0.15, -0.1) is 0 Å². The average molecular weight is 307 g/mol. The first kappa shape index (κ1) is 18.2. The van der Waals surface area contributed by atoms with E-state index < -0.39 is 18.1 Å². The number of carbonyl (C=O) groups excluding carboxylic acids is 1. The van der Waals surface area contributed by atoms with Gasteiger partial charge in [-0.05, 0) is 23.5 Å². The minimum absolute atomic E-state index is 0.0225. The maximum atomic E-state index is 11.9. The van der Waals surface area contributed by atoms with Crippen molar-refractivity contribution in [1.29, 1.82) is 0 Å². The van der Waals surface area contributed by atoms with Gasteiger partial charge in [0.15, 0.2) is 0 Å². The van der Waals surface area contributed by atoms with Gasteiger partial charge < -0.3 is 15.2 Å². The van der Waals surface area contributed by atoms with Crippen LogP contribution < -0.4 is 5.32 Å². The second-order valence-corrected chi connectivity index (χ2v) is 6.41. The summed E-state index contributed by atoms with van der Waals surface area (Å²) in [5.41, 5.74) is 1.95. The lowest BCUT2D eigenvalue weighted by molar-refractivity contribution is -0.138. The monoisotopic (exact) mass is 307 g/mol. The molecule has 0 saturated carbocycles. The number of amides is 1. The summed E-state index contributed by atoms with van der Waals surface area (Å²) in [6.45, 7) is 7.95. The van der Waals surface area contributed by atoms with E-state index in [0.29, 0.717) is 0 Å². The topological polar surface area (TPSA) is 75.6 Å². The zero-order valence-corrected chi connectivity index (χ0v) is 13.8. The van der Waals surface area contributed by atoms with Crippen LogP contribution >= 0.6 is 0 Å². The zero-order chi connectivity index (χ0) is 16.9. The van der Waals surface area contributed by atoms with E-state index in [1.165, 1.54) is 7.11 Å². The second kappa shape index (κ2) is 7.40. The Hall–Kier alpha value is -1.88. The Labute approximate surface area is 131 Å². The number of carboxylic acid groups (broad SMARTS) is 1. The van der Waals surface area contributed by atoms with E-state index in [2.05, 4.69) is 26.1 Å². The van der Waals surface area contributed by atoms with E-state index in [9.17, 15) is 9.59 Å². The van der Waals surface area contributed by atoms with Gasteiger partial charge in [0.2, 0.25) is 5.91 Å². The molecule has 0 heterocycles. The van der Waals surface area contributed by atoms with Gasteiger partial charge in [0, 0.05) is 7.11 Å². The van der Waals surface area contributed by atoms with Gasteiger partial charge in [0.25, 0.3) is 0 Å². The molecule has 2 unspecified atom stereocenters. The van der Waals surface area contributed by atoms with Gasteiger partial charge in [-0.2, -0.15) is 0 Å². The van der Waals surface area contributed by atoms with E-state index in [0.717, 1.165) is 11.1 Å². The summed E-state index contributed by atoms with van der Waals surface area (Å²) >= 11 is 0. The molecular formula is C17H25NO4. The standard InChI is InChI=1S/C17H25NO4/c1-11(22-5)16(21)18-14(10-15(19)20)12-6-8-13(9-7-12)17(2,3)4/h6-9,11,14H,10H2,1-5H3,(H,18,21)(H,19,20). The molecule has 0 saturated heterocycles. The maximum absolute atomic E-state index is 11.9. The number of rotatable bonds is 6. The third-order valence-electron chi connectivity index (χ3n) is 3.60. The van der Waals surface area contributed by atoms with Gasteiger partial charge in [0.05, 0.1) is 12.5 Å². The summed E-state index contributed by atoms with van der Waals surface area (Å²) in [6, 6.07) is 7.10. The number of carbonyl (C=O) groups is 2. The summed E-state index contributed by atoms with van der Waals surface area (Å²) in [6.07, 6.45) is -0.790. The Balaban J connectivity index is 2.97. The lowest BCUT2D eigenvalue weighted by atomic mass is 9.86. The number of aliphatic carboxylic acids is 1. The molecule has 1 rings (SSSR count). The van der Waals surface area contributed by atoms with E-state index in [1.807, 2.05) is 24.3 Å². The van der Waals surface area contributed by atoms with Crippen LogP contribution in [0.5, 0.6) is 0 Å². The van der Waals surface area contributed by atoms with E-state index >= 15 is 0 Å². The van der Waals surface area contributed by atoms with Gasteiger partial charge in [-0.1, -0.05) is 45.0 Å². The molecule has 122 valence electrons. The highest BCUT2D eigenvalue weighted by Crippen LogP contribution is 2.25. The van der Waals surface area contributed by atoms with Crippen molar-refractivity contribution in [2.24, 2.45) is 0 Å². The molecule has 1 aromatic rings. The van der Waals surface area contributed by atoms with Crippen LogP contribution in [0.4, 0.5) is 0 Å². The third kappa shape index (κ3) is 5.15. The quantitative estimate of drug-likeness (QED) is 0.847. The van der Waals surface area contributed by atoms with Crippen LogP contribution in [0.2, 0.25) is 0 Å². The summed E-state index contributed by atoms with van der Waals surface area (Å²) in [5, 5.41) is 11.8. The van der Waals surface area contributed by atoms with Crippen molar-refractivity contribution in [3.63, 3.8) is 0 Å². The smallest absolute Gasteiger partial charge is 0.305 e. The molecule has 5 nitrogen and oxygen atoms in total. The fourth-order valence-corrected chi connectivity index (χ4v) is 2.04. The van der Waals surface area contributed by atoms with Crippen molar-refractivity contribution in [3.05, 3.63) is 35.4 Å². The lowest BCUT2D eigenvalue weighted by Crippen LogP contribution is -2.37. The first-order valence-electron chi connectivity index (χ1n) is 7.30. The number of hydrogen-bond donors (Lipinski definition) is 2. The Bertz CT molecular complexity index is 516. The van der Waals surface area contributed by atoms with Crippen LogP contribution in [0.25, 0.3) is 0 Å². The summed E-state index contributed by atoms with van der Waals surface area (Å²) in [4.78, 5) is 23.0. The van der Waals surface area contributed by atoms with Crippen LogP contribution in [0.3, 0.4) is 0 Å². The SMILES string of the molecule is COC(C)C(=O)NC(CC(=O)O)c1ccc(C(C)(C)C)cc1. The number of benzene rings is 1. The molecule has 0 aliphatic heterocycles. The summed E-state index contributed by atoms with van der Waals surface area (Å²) in [5.74, 6) is -1.29. The summed E-state index contributed by atoms with van der Waals surface area (Å²) in [7, 11) is 1.44. The largest absolute Gasteiger partial charge is 0.481 e. The van der Waals surface area contributed by atoms with Gasteiger partial charge in [-0.3, -0.25) is 9.59 Å². The van der Waals surface area contributed by atoms with Crippen molar-refractivity contribution in [2.75, 3.05) is 7.11 Å². The molecule has 0 aliphatic carbocycles. The fraction of sp³-hybridized carbons (Fsp3) is 0.529. The molecule has 0 bridgehead atoms. The highest BCUT2D eigenvalue weighted by molar-refractivity contribution is 5.81. The third-order valence-corrected chi connectivity index (χ3v) is 3.60. The second-order valence-electron chi connectivity index (χ2n) is 6.41. The van der Waals surface area contributed by atoms with Crippen molar-refractivity contribution >= 4 is 11.9 Å². The molecule has 2 atom stereocenters. The molecule has 2 N–H and O–H groups in total. The van der Waals surface area contributed by atoms with E-state index in [-0.39, 0.29) is 17.7 Å². The van der Waals surface area contributed by atoms with Crippen LogP contribution in [-0.4, -0.2) is 30.2 Å². The predicted octanol–water partition coefficient (Wildman–Crippen LogP) is 2.65. The Morgan fingerprint density at radius 1 is 1.23 bits per heavy atom. The molecule has 0 radical (unpaired) electrons. The maximum Gasteiger partial charge on any atom is 0.305 e. The first-order chi connectivity index (χ1) is 10.1. The average Bonchev–Trinajstić information content (AvgIpc) is 2.44. The molecule has 1 aromatic carbocycles. The van der Waals surface area contributed by atoms with Crippen molar-refractivity contribution < 1.29 is 19.4 Å². The number of hydrogen-bond acceptors (Lipinski definition) is 3. The lowest BCUT2D eigenvalue weighted by Gasteiger charge is -2.22. The highest BCUT2D eigenvalue weighted by atomic mass is 16.5. The van der Waals surface area contributed by atoms with Crippen LogP contribution in [0.1, 0.15) is 51.3 Å². The molecule has 0 spiro atoms. The predicted molar refractivity (Wildman–Crippen MR) is 84.7 cm³/mol. The van der Waals surface area contributed by atoms with Crippen LogP contribution in [-0.2, 0) is 19.7 Å². The van der Waals surface area contributed by atoms with E-state index in [4.69, 9.17) is 9.84 Å². The van der Waals surface area contributed by atoms with Gasteiger partial charge >= 0.3 is 5.97 Å². The minimum atomic E-state index is -0.963. The number of carboxylic acids is 1. The zero-order valence-electron chi connectivity index (χ0n) is 13.8. The first-order valence-corrected chi connectivity index (χ1v) is 7.30. The van der Waals surface area contributed by atoms with Gasteiger partial charge in [-0.25, -0.2) is 0 Å². The normalized spacial score (nSPS) is 14.2. The number of methoxy groups -OCH3 is 1. The van der Waals surface area contributed by atoms with Crippen LogP contribution in [0, 0.1) is 0 Å². The molecule has 5 heteroatoms. The number of nitrogens with one attached hydrogen (secondary N) is 1. The van der Waals surface area contributed by atoms with Gasteiger partial charge in [0.1, 0.15) is 6.10 Å².